The van der Waals surface area contributed by atoms with Crippen molar-refractivity contribution in [3.63, 3.8) is 0 Å². The normalized spacial score (nSPS) is 21.2. The van der Waals surface area contributed by atoms with Gasteiger partial charge in [-0.1, -0.05) is 18.2 Å². The molecule has 6 nitrogen and oxygen atoms in total. The minimum atomic E-state index is -0.522. The fraction of sp³-hybridized carbons (Fsp3) is 0.600. The zero-order valence-corrected chi connectivity index (χ0v) is 18.5. The van der Waals surface area contributed by atoms with E-state index in [0.29, 0.717) is 45.4 Å². The zero-order chi connectivity index (χ0) is 21.7. The van der Waals surface area contributed by atoms with Crippen LogP contribution in [0.3, 0.4) is 0 Å². The number of ether oxygens (including phenoxy) is 2. The molecule has 2 saturated heterocycles. The molecule has 0 aliphatic carbocycles. The molecule has 2 aromatic rings. The number of likely N-dealkylation sites (tertiary alicyclic amines) is 1. The lowest BCUT2D eigenvalue weighted by molar-refractivity contribution is -0.164. The number of aryl methyl sites for hydroxylation is 1. The first-order valence-corrected chi connectivity index (χ1v) is 11.7. The molecule has 1 amide bonds. The topological polar surface area (TPSA) is 71.6 Å². The van der Waals surface area contributed by atoms with Gasteiger partial charge in [-0.05, 0) is 63.5 Å². The number of piperidine rings is 1. The lowest BCUT2D eigenvalue weighted by Crippen LogP contribution is -2.49. The summed E-state index contributed by atoms with van der Waals surface area (Å²) < 4.78 is 11.4. The zero-order valence-electron chi connectivity index (χ0n) is 18.5. The standard InChI is InChI=1S/C25H34N2O4/c1-2-30-24(29)25(17-20-7-5-6-16-31-20)12-14-27(15-13-25)23(28)11-10-19-18-26-22-9-4-3-8-21(19)22/h3-4,8-9,18,20,26H,2,5-7,10-17H2,1H3. The monoisotopic (exact) mass is 426 g/mol. The number of aromatic nitrogens is 1. The number of amides is 1. The fourth-order valence-corrected chi connectivity index (χ4v) is 5.10. The summed E-state index contributed by atoms with van der Waals surface area (Å²) in [5.41, 5.74) is 1.76. The molecule has 1 aromatic heterocycles. The van der Waals surface area contributed by atoms with Crippen LogP contribution in [0.1, 0.15) is 57.4 Å². The Kier molecular flexibility index (Phi) is 6.96. The van der Waals surface area contributed by atoms with Gasteiger partial charge >= 0.3 is 5.97 Å². The molecule has 1 aromatic carbocycles. The van der Waals surface area contributed by atoms with Crippen LogP contribution in [0.4, 0.5) is 0 Å². The fourth-order valence-electron chi connectivity index (χ4n) is 5.10. The first-order valence-electron chi connectivity index (χ1n) is 11.7. The van der Waals surface area contributed by atoms with E-state index in [0.717, 1.165) is 37.8 Å². The minimum Gasteiger partial charge on any atom is -0.466 e. The molecular formula is C25H34N2O4. The molecule has 6 heteroatoms. The molecule has 1 N–H and O–H groups in total. The summed E-state index contributed by atoms with van der Waals surface area (Å²) in [5.74, 6) is 0.0479. The number of carbonyl (C=O) groups excluding carboxylic acids is 2. The molecule has 1 unspecified atom stereocenters. The van der Waals surface area contributed by atoms with E-state index in [2.05, 4.69) is 17.1 Å². The Labute approximate surface area is 184 Å². The van der Waals surface area contributed by atoms with Crippen molar-refractivity contribution >= 4 is 22.8 Å². The Balaban J connectivity index is 1.35. The molecule has 2 aliphatic rings. The predicted molar refractivity (Wildman–Crippen MR) is 120 cm³/mol. The van der Waals surface area contributed by atoms with Crippen LogP contribution in [0, 0.1) is 5.41 Å². The number of aromatic amines is 1. The van der Waals surface area contributed by atoms with Gasteiger partial charge in [-0.25, -0.2) is 0 Å². The summed E-state index contributed by atoms with van der Waals surface area (Å²) in [6.45, 7) is 4.24. The van der Waals surface area contributed by atoms with Gasteiger partial charge in [-0.3, -0.25) is 9.59 Å². The average molecular weight is 427 g/mol. The third kappa shape index (κ3) is 4.95. The van der Waals surface area contributed by atoms with Gasteiger partial charge in [0.2, 0.25) is 5.91 Å². The molecule has 4 rings (SSSR count). The highest BCUT2D eigenvalue weighted by atomic mass is 16.5. The Morgan fingerprint density at radius 1 is 1.23 bits per heavy atom. The highest BCUT2D eigenvalue weighted by molar-refractivity contribution is 5.84. The molecule has 0 saturated carbocycles. The van der Waals surface area contributed by atoms with Crippen LogP contribution in [0.25, 0.3) is 10.9 Å². The molecule has 0 spiro atoms. The quantitative estimate of drug-likeness (QED) is 0.673. The Bertz CT molecular complexity index is 892. The van der Waals surface area contributed by atoms with Gasteiger partial charge in [0.05, 0.1) is 18.1 Å². The second-order valence-electron chi connectivity index (χ2n) is 8.93. The number of esters is 1. The maximum Gasteiger partial charge on any atom is 0.312 e. The van der Waals surface area contributed by atoms with Crippen LogP contribution in [-0.2, 0) is 25.5 Å². The molecule has 0 radical (unpaired) electrons. The number of hydrogen-bond donors (Lipinski definition) is 1. The Hall–Kier alpha value is -2.34. The molecular weight excluding hydrogens is 392 g/mol. The smallest absolute Gasteiger partial charge is 0.312 e. The van der Waals surface area contributed by atoms with Crippen LogP contribution in [-0.4, -0.2) is 54.2 Å². The molecule has 168 valence electrons. The van der Waals surface area contributed by atoms with Crippen LogP contribution in [0.2, 0.25) is 0 Å². The van der Waals surface area contributed by atoms with E-state index in [1.807, 2.05) is 30.2 Å². The van der Waals surface area contributed by atoms with Crippen molar-refractivity contribution in [2.75, 3.05) is 26.3 Å². The maximum atomic E-state index is 12.9. The van der Waals surface area contributed by atoms with Gasteiger partial charge in [0.25, 0.3) is 0 Å². The van der Waals surface area contributed by atoms with E-state index in [9.17, 15) is 9.59 Å². The molecule has 2 fully saturated rings. The van der Waals surface area contributed by atoms with Crippen molar-refractivity contribution in [3.8, 4) is 0 Å². The van der Waals surface area contributed by atoms with Gasteiger partial charge in [0, 0.05) is 43.2 Å². The summed E-state index contributed by atoms with van der Waals surface area (Å²) in [7, 11) is 0. The van der Waals surface area contributed by atoms with Crippen LogP contribution < -0.4 is 0 Å². The highest BCUT2D eigenvalue weighted by Gasteiger charge is 2.45. The van der Waals surface area contributed by atoms with Crippen molar-refractivity contribution in [1.29, 1.82) is 0 Å². The van der Waals surface area contributed by atoms with Crippen molar-refractivity contribution in [1.82, 2.24) is 9.88 Å². The van der Waals surface area contributed by atoms with E-state index >= 15 is 0 Å². The van der Waals surface area contributed by atoms with Crippen molar-refractivity contribution < 1.29 is 19.1 Å². The minimum absolute atomic E-state index is 0.116. The summed E-state index contributed by atoms with van der Waals surface area (Å²) in [4.78, 5) is 31.0. The van der Waals surface area contributed by atoms with Crippen molar-refractivity contribution in [3.05, 3.63) is 36.0 Å². The summed E-state index contributed by atoms with van der Waals surface area (Å²) in [6.07, 6.45) is 8.63. The summed E-state index contributed by atoms with van der Waals surface area (Å²) in [6, 6.07) is 8.18. The van der Waals surface area contributed by atoms with Crippen LogP contribution >= 0.6 is 0 Å². The van der Waals surface area contributed by atoms with Crippen LogP contribution in [0.15, 0.2) is 30.5 Å². The van der Waals surface area contributed by atoms with E-state index in [4.69, 9.17) is 9.47 Å². The third-order valence-electron chi connectivity index (χ3n) is 6.96. The van der Waals surface area contributed by atoms with E-state index in [-0.39, 0.29) is 18.0 Å². The number of nitrogens with zero attached hydrogens (tertiary/aromatic N) is 1. The van der Waals surface area contributed by atoms with Gasteiger partial charge in [0.15, 0.2) is 0 Å². The second-order valence-corrected chi connectivity index (χ2v) is 8.93. The summed E-state index contributed by atoms with van der Waals surface area (Å²) in [5, 5.41) is 1.18. The SMILES string of the molecule is CCOC(=O)C1(CC2CCCCO2)CCN(C(=O)CCc2c[nH]c3ccccc23)CC1. The number of para-hydroxylation sites is 1. The van der Waals surface area contributed by atoms with Crippen molar-refractivity contribution in [2.24, 2.45) is 5.41 Å². The lowest BCUT2D eigenvalue weighted by Gasteiger charge is -2.42. The average Bonchev–Trinajstić information content (AvgIpc) is 3.22. The first-order chi connectivity index (χ1) is 15.1. The highest BCUT2D eigenvalue weighted by Crippen LogP contribution is 2.40. The van der Waals surface area contributed by atoms with Gasteiger partial charge in [0.1, 0.15) is 0 Å². The number of H-pyrrole nitrogens is 1. The number of rotatable bonds is 7. The lowest BCUT2D eigenvalue weighted by atomic mass is 9.73. The Morgan fingerprint density at radius 2 is 2.03 bits per heavy atom. The third-order valence-corrected chi connectivity index (χ3v) is 6.96. The number of carbonyl (C=O) groups is 2. The van der Waals surface area contributed by atoms with E-state index in [1.165, 1.54) is 10.9 Å². The largest absolute Gasteiger partial charge is 0.466 e. The van der Waals surface area contributed by atoms with Crippen molar-refractivity contribution in [2.45, 2.75) is 64.4 Å². The van der Waals surface area contributed by atoms with Crippen LogP contribution in [0.5, 0.6) is 0 Å². The predicted octanol–water partition coefficient (Wildman–Crippen LogP) is 4.23. The summed E-state index contributed by atoms with van der Waals surface area (Å²) >= 11 is 0. The van der Waals surface area contributed by atoms with E-state index in [1.54, 1.807) is 0 Å². The number of nitrogens with one attached hydrogen (secondary N) is 1. The molecule has 1 atom stereocenters. The maximum absolute atomic E-state index is 12.9. The van der Waals surface area contributed by atoms with Gasteiger partial charge < -0.3 is 19.4 Å². The second kappa shape index (κ2) is 9.86. The molecule has 31 heavy (non-hydrogen) atoms. The molecule has 3 heterocycles. The number of fused-ring (bicyclic) bond motifs is 1. The first kappa shape index (κ1) is 21.9. The molecule has 2 aliphatic heterocycles. The number of benzene rings is 1. The Morgan fingerprint density at radius 3 is 2.77 bits per heavy atom. The van der Waals surface area contributed by atoms with Gasteiger partial charge in [-0.2, -0.15) is 0 Å². The van der Waals surface area contributed by atoms with E-state index < -0.39 is 5.41 Å². The number of hydrogen-bond acceptors (Lipinski definition) is 4. The molecule has 0 bridgehead atoms. The van der Waals surface area contributed by atoms with Gasteiger partial charge in [-0.15, -0.1) is 0 Å².